The molecule has 0 unspecified atom stereocenters. The second kappa shape index (κ2) is 11.3. The fourth-order valence-electron chi connectivity index (χ4n) is 4.91. The van der Waals surface area contributed by atoms with Crippen molar-refractivity contribution in [2.45, 2.75) is 45.3 Å². The Morgan fingerprint density at radius 2 is 1.71 bits per heavy atom. The number of nitrogens with zero attached hydrogens (tertiary/aromatic N) is 2. The summed E-state index contributed by atoms with van der Waals surface area (Å²) < 4.78 is 27.9. The molecule has 2 aliphatic rings. The van der Waals surface area contributed by atoms with Gasteiger partial charge in [-0.1, -0.05) is 41.9 Å². The van der Waals surface area contributed by atoms with E-state index in [0.717, 1.165) is 47.9 Å². The van der Waals surface area contributed by atoms with Crippen LogP contribution in [0.4, 0.5) is 0 Å². The number of hydrogen-bond donors (Lipinski definition) is 1. The first kappa shape index (κ1) is 24.7. The molecule has 6 nitrogen and oxygen atoms in total. The van der Waals surface area contributed by atoms with Crippen molar-refractivity contribution in [2.75, 3.05) is 39.3 Å². The van der Waals surface area contributed by atoms with Gasteiger partial charge < -0.3 is 10.2 Å². The van der Waals surface area contributed by atoms with E-state index in [9.17, 15) is 13.2 Å². The Labute approximate surface area is 195 Å². The van der Waals surface area contributed by atoms with E-state index in [-0.39, 0.29) is 17.6 Å². The SMILES string of the molecule is C[C@H]1C[C@H](C)CN(CCCNC(=O)C2CCN(S(=O)(=O)Cc3ccc(Br)cc3)CC2)C1. The van der Waals surface area contributed by atoms with Gasteiger partial charge in [-0.05, 0) is 61.8 Å². The summed E-state index contributed by atoms with van der Waals surface area (Å²) in [4.78, 5) is 15.0. The molecule has 1 aromatic rings. The Kier molecular flexibility index (Phi) is 8.96. The lowest BCUT2D eigenvalue weighted by Crippen LogP contribution is -2.44. The molecule has 2 aliphatic heterocycles. The monoisotopic (exact) mass is 513 g/mol. The molecule has 2 saturated heterocycles. The molecule has 8 heteroatoms. The van der Waals surface area contributed by atoms with Crippen LogP contribution < -0.4 is 5.32 Å². The van der Waals surface area contributed by atoms with Gasteiger partial charge in [-0.15, -0.1) is 0 Å². The van der Waals surface area contributed by atoms with Crippen molar-refractivity contribution in [3.8, 4) is 0 Å². The largest absolute Gasteiger partial charge is 0.356 e. The maximum atomic E-state index is 12.7. The topological polar surface area (TPSA) is 69.7 Å². The van der Waals surface area contributed by atoms with Crippen molar-refractivity contribution in [3.05, 3.63) is 34.3 Å². The molecule has 2 heterocycles. The van der Waals surface area contributed by atoms with Gasteiger partial charge in [0.1, 0.15) is 0 Å². The van der Waals surface area contributed by atoms with Gasteiger partial charge in [0.2, 0.25) is 15.9 Å². The minimum Gasteiger partial charge on any atom is -0.356 e. The number of benzene rings is 1. The maximum absolute atomic E-state index is 12.7. The number of halogens is 1. The summed E-state index contributed by atoms with van der Waals surface area (Å²) in [6.07, 6.45) is 3.45. The van der Waals surface area contributed by atoms with E-state index < -0.39 is 10.0 Å². The highest BCUT2D eigenvalue weighted by atomic mass is 79.9. The minimum atomic E-state index is -3.36. The third-order valence-electron chi connectivity index (χ3n) is 6.38. The normalized spacial score (nSPS) is 24.2. The van der Waals surface area contributed by atoms with Gasteiger partial charge >= 0.3 is 0 Å². The zero-order chi connectivity index (χ0) is 22.4. The molecule has 3 rings (SSSR count). The van der Waals surface area contributed by atoms with Crippen molar-refractivity contribution < 1.29 is 13.2 Å². The Morgan fingerprint density at radius 1 is 1.10 bits per heavy atom. The van der Waals surface area contributed by atoms with Crippen LogP contribution in [-0.2, 0) is 20.6 Å². The number of nitrogens with one attached hydrogen (secondary N) is 1. The van der Waals surface area contributed by atoms with Crippen molar-refractivity contribution in [1.29, 1.82) is 0 Å². The van der Waals surface area contributed by atoms with Crippen molar-refractivity contribution >= 4 is 31.9 Å². The van der Waals surface area contributed by atoms with Gasteiger partial charge in [0.25, 0.3) is 0 Å². The van der Waals surface area contributed by atoms with Crippen molar-refractivity contribution in [3.63, 3.8) is 0 Å². The number of carbonyl (C=O) groups is 1. The Morgan fingerprint density at radius 3 is 2.32 bits per heavy atom. The van der Waals surface area contributed by atoms with Crippen molar-refractivity contribution in [1.82, 2.24) is 14.5 Å². The van der Waals surface area contributed by atoms with Crippen LogP contribution in [0.5, 0.6) is 0 Å². The smallest absolute Gasteiger partial charge is 0.223 e. The van der Waals surface area contributed by atoms with E-state index in [1.54, 1.807) is 0 Å². The second-order valence-corrected chi connectivity index (χ2v) is 12.3. The number of piperidine rings is 2. The third-order valence-corrected chi connectivity index (χ3v) is 8.75. The van der Waals surface area contributed by atoms with E-state index in [4.69, 9.17) is 0 Å². The summed E-state index contributed by atoms with van der Waals surface area (Å²) in [5.74, 6) is 1.50. The van der Waals surface area contributed by atoms with Gasteiger partial charge in [0.15, 0.2) is 0 Å². The number of carbonyl (C=O) groups excluding carboxylic acids is 1. The summed E-state index contributed by atoms with van der Waals surface area (Å²) in [5.41, 5.74) is 0.778. The van der Waals surface area contributed by atoms with Crippen LogP contribution >= 0.6 is 15.9 Å². The molecule has 0 aliphatic carbocycles. The van der Waals surface area contributed by atoms with Crippen LogP contribution in [0.15, 0.2) is 28.7 Å². The average Bonchev–Trinajstić information content (AvgIpc) is 2.72. The highest BCUT2D eigenvalue weighted by molar-refractivity contribution is 9.10. The number of rotatable bonds is 8. The molecule has 0 aromatic heterocycles. The summed E-state index contributed by atoms with van der Waals surface area (Å²) in [6.45, 7) is 9.51. The first-order chi connectivity index (χ1) is 14.7. The number of hydrogen-bond acceptors (Lipinski definition) is 4. The van der Waals surface area contributed by atoms with Gasteiger partial charge in [0, 0.05) is 43.1 Å². The lowest BCUT2D eigenvalue weighted by molar-refractivity contribution is -0.126. The van der Waals surface area contributed by atoms with Gasteiger partial charge in [-0.25, -0.2) is 12.7 Å². The highest BCUT2D eigenvalue weighted by Crippen LogP contribution is 2.23. The van der Waals surface area contributed by atoms with E-state index in [2.05, 4.69) is 40.0 Å². The van der Waals surface area contributed by atoms with Gasteiger partial charge in [-0.3, -0.25) is 4.79 Å². The van der Waals surface area contributed by atoms with E-state index in [1.807, 2.05) is 24.3 Å². The average molecular weight is 515 g/mol. The Bertz CT molecular complexity index is 813. The van der Waals surface area contributed by atoms with E-state index in [1.165, 1.54) is 10.7 Å². The van der Waals surface area contributed by atoms with Crippen molar-refractivity contribution in [2.24, 2.45) is 17.8 Å². The summed E-state index contributed by atoms with van der Waals surface area (Å²) in [5, 5.41) is 3.08. The molecule has 1 N–H and O–H groups in total. The predicted molar refractivity (Wildman–Crippen MR) is 128 cm³/mol. The highest BCUT2D eigenvalue weighted by Gasteiger charge is 2.31. The number of amides is 1. The van der Waals surface area contributed by atoms with Gasteiger partial charge in [0.05, 0.1) is 5.75 Å². The first-order valence-corrected chi connectivity index (χ1v) is 13.9. The lowest BCUT2D eigenvalue weighted by Gasteiger charge is -2.35. The Hall–Kier alpha value is -0.960. The fourth-order valence-corrected chi connectivity index (χ4v) is 6.74. The van der Waals surface area contributed by atoms with Crippen LogP contribution in [0.2, 0.25) is 0 Å². The molecular formula is C23H36BrN3O3S. The first-order valence-electron chi connectivity index (χ1n) is 11.5. The molecular weight excluding hydrogens is 478 g/mol. The zero-order valence-corrected chi connectivity index (χ0v) is 21.1. The molecule has 0 radical (unpaired) electrons. The number of likely N-dealkylation sites (tertiary alicyclic amines) is 1. The second-order valence-electron chi connectivity index (χ2n) is 9.41. The van der Waals surface area contributed by atoms with Crippen LogP contribution in [0.25, 0.3) is 0 Å². The lowest BCUT2D eigenvalue weighted by atomic mass is 9.92. The van der Waals surface area contributed by atoms with Crippen LogP contribution in [0.3, 0.4) is 0 Å². The molecule has 0 bridgehead atoms. The van der Waals surface area contributed by atoms with Crippen LogP contribution in [-0.4, -0.2) is 62.8 Å². The maximum Gasteiger partial charge on any atom is 0.223 e. The summed E-state index contributed by atoms with van der Waals surface area (Å²) >= 11 is 3.37. The predicted octanol–water partition coefficient (Wildman–Crippen LogP) is 3.48. The molecule has 0 saturated carbocycles. The third kappa shape index (κ3) is 7.55. The summed E-state index contributed by atoms with van der Waals surface area (Å²) in [7, 11) is -3.36. The molecule has 1 aromatic carbocycles. The zero-order valence-electron chi connectivity index (χ0n) is 18.7. The molecule has 1 amide bonds. The van der Waals surface area contributed by atoms with E-state index >= 15 is 0 Å². The van der Waals surface area contributed by atoms with E-state index in [0.29, 0.717) is 32.5 Å². The van der Waals surface area contributed by atoms with Crippen LogP contribution in [0, 0.1) is 17.8 Å². The van der Waals surface area contributed by atoms with Crippen LogP contribution in [0.1, 0.15) is 45.1 Å². The molecule has 2 atom stereocenters. The molecule has 31 heavy (non-hydrogen) atoms. The molecule has 174 valence electrons. The number of sulfonamides is 1. The summed E-state index contributed by atoms with van der Waals surface area (Å²) in [6, 6.07) is 7.36. The minimum absolute atomic E-state index is 0.00484. The molecule has 2 fully saturated rings. The van der Waals surface area contributed by atoms with Gasteiger partial charge in [-0.2, -0.15) is 0 Å². The Balaban J connectivity index is 1.36. The molecule has 0 spiro atoms. The standard InChI is InChI=1S/C23H36BrN3O3S/c1-18-14-19(2)16-26(15-18)11-3-10-25-23(28)21-8-12-27(13-9-21)31(29,30)17-20-4-6-22(24)7-5-20/h4-7,18-19,21H,3,8-17H2,1-2H3,(H,25,28)/t18-,19-/m0/s1. The quantitative estimate of drug-likeness (QED) is 0.540. The fraction of sp³-hybridized carbons (Fsp3) is 0.696.